The largest absolute Gasteiger partial charge is 0.379 e. The third-order valence-electron chi connectivity index (χ3n) is 9.77. The molecule has 2 aromatic heterocycles. The van der Waals surface area contributed by atoms with Crippen LogP contribution in [-0.4, -0.2) is 60.1 Å². The monoisotopic (exact) mass is 756 g/mol. The number of nitrogens with zero attached hydrogens (tertiary/aromatic N) is 5. The normalized spacial score (nSPS) is 20.3. The standard InChI is InChI=1S/C36H30F6N6O4S/c37-20-13-19(14-21(38)16-20)15-28(43-29(49)18-47-32-30(31(45-47)33(39)40)25-17-26(25)36(32,41)42)34-44-27-4-2-1-3-24(27)35(50)48(34)22-5-7-23(8-6-22)53(51)46-9-11-52-12-10-46/h1-8,13-14,16,25-26,28,33H,9-12,15,17-18H2,(H,43,49). The van der Waals surface area contributed by atoms with Gasteiger partial charge in [-0.25, -0.2) is 31.1 Å². The van der Waals surface area contributed by atoms with Gasteiger partial charge in [0.1, 0.15) is 46.4 Å². The van der Waals surface area contributed by atoms with Gasteiger partial charge >= 0.3 is 0 Å². The van der Waals surface area contributed by atoms with E-state index < -0.39 is 82.2 Å². The topological polar surface area (TPSA) is 111 Å². The van der Waals surface area contributed by atoms with Gasteiger partial charge in [0.2, 0.25) is 5.91 Å². The van der Waals surface area contributed by atoms with E-state index in [9.17, 15) is 31.4 Å². The zero-order valence-electron chi connectivity index (χ0n) is 27.7. The highest BCUT2D eigenvalue weighted by Crippen LogP contribution is 2.68. The number of alkyl halides is 4. The van der Waals surface area contributed by atoms with E-state index in [1.54, 1.807) is 52.8 Å². The number of halogens is 6. The fraction of sp³-hybridized carbons (Fsp3) is 0.333. The summed E-state index contributed by atoms with van der Waals surface area (Å²) in [5.74, 6) is -8.26. The number of hydrogen-bond acceptors (Lipinski definition) is 6. The first-order valence-electron chi connectivity index (χ1n) is 16.8. The van der Waals surface area contributed by atoms with Crippen LogP contribution in [0.15, 0.2) is 76.4 Å². The first kappa shape index (κ1) is 35.2. The lowest BCUT2D eigenvalue weighted by molar-refractivity contribution is -0.123. The maximum atomic E-state index is 15.3. The van der Waals surface area contributed by atoms with Gasteiger partial charge in [0.25, 0.3) is 17.9 Å². The molecule has 0 radical (unpaired) electrons. The Morgan fingerprint density at radius 1 is 1.02 bits per heavy atom. The maximum absolute atomic E-state index is 15.3. The summed E-state index contributed by atoms with van der Waals surface area (Å²) < 4.78 is 109. The molecule has 5 aromatic rings. The molecule has 3 heterocycles. The van der Waals surface area contributed by atoms with Gasteiger partial charge in [-0.05, 0) is 66.4 Å². The Morgan fingerprint density at radius 2 is 1.72 bits per heavy atom. The zero-order valence-corrected chi connectivity index (χ0v) is 28.5. The lowest BCUT2D eigenvalue weighted by Gasteiger charge is -2.25. The SMILES string of the molecule is O=C(Cn1nc(C(F)F)c2c1C(F)(F)C1CC21)NC(Cc1cc(F)cc(F)c1)c1nc2ccccc2c(=O)n1-c1ccc(S(=O)N2CCOCC2)cc1. The minimum Gasteiger partial charge on any atom is -0.379 e. The Morgan fingerprint density at radius 3 is 2.42 bits per heavy atom. The molecule has 1 saturated heterocycles. The fourth-order valence-corrected chi connectivity index (χ4v) is 8.48. The summed E-state index contributed by atoms with van der Waals surface area (Å²) in [5, 5.41) is 6.59. The van der Waals surface area contributed by atoms with Gasteiger partial charge in [-0.3, -0.25) is 18.8 Å². The van der Waals surface area contributed by atoms with Gasteiger partial charge in [-0.15, -0.1) is 0 Å². The quantitative estimate of drug-likeness (QED) is 0.190. The van der Waals surface area contributed by atoms with Crippen LogP contribution in [0.1, 0.15) is 53.1 Å². The molecule has 2 fully saturated rings. The molecule has 1 aliphatic heterocycles. The fourth-order valence-electron chi connectivity index (χ4n) is 7.33. The predicted molar refractivity (Wildman–Crippen MR) is 179 cm³/mol. The number of morpholine rings is 1. The highest BCUT2D eigenvalue weighted by atomic mass is 32.2. The van der Waals surface area contributed by atoms with E-state index in [2.05, 4.69) is 10.4 Å². The van der Waals surface area contributed by atoms with E-state index in [1.807, 2.05) is 0 Å². The number of benzene rings is 3. The number of nitrogens with one attached hydrogen (secondary N) is 1. The summed E-state index contributed by atoms with van der Waals surface area (Å²) in [4.78, 5) is 33.1. The van der Waals surface area contributed by atoms with Crippen LogP contribution in [0, 0.1) is 17.6 Å². The van der Waals surface area contributed by atoms with Crippen molar-refractivity contribution in [3.63, 3.8) is 0 Å². The third kappa shape index (κ3) is 6.44. The van der Waals surface area contributed by atoms with E-state index in [0.717, 1.165) is 12.1 Å². The van der Waals surface area contributed by atoms with E-state index in [0.29, 0.717) is 41.9 Å². The second-order valence-electron chi connectivity index (χ2n) is 13.2. The molecule has 4 atom stereocenters. The van der Waals surface area contributed by atoms with Crippen molar-refractivity contribution >= 4 is 27.8 Å². The first-order valence-corrected chi connectivity index (χ1v) is 17.9. The number of carbonyl (C=O) groups is 1. The average molecular weight is 757 g/mol. The van der Waals surface area contributed by atoms with Crippen LogP contribution in [0.5, 0.6) is 0 Å². The Balaban J connectivity index is 1.20. The Kier molecular flexibility index (Phi) is 8.97. The second-order valence-corrected chi connectivity index (χ2v) is 14.7. The second kappa shape index (κ2) is 13.5. The number of rotatable bonds is 10. The molecule has 1 saturated carbocycles. The van der Waals surface area contributed by atoms with Crippen molar-refractivity contribution in [1.82, 2.24) is 29.0 Å². The molecule has 276 valence electrons. The summed E-state index contributed by atoms with van der Waals surface area (Å²) in [5.41, 5.74) is -1.80. The summed E-state index contributed by atoms with van der Waals surface area (Å²) >= 11 is 0. The number of fused-ring (bicyclic) bond motifs is 4. The third-order valence-corrected chi connectivity index (χ3v) is 11.3. The molecule has 53 heavy (non-hydrogen) atoms. The van der Waals surface area contributed by atoms with Gasteiger partial charge in [-0.1, -0.05) is 12.1 Å². The average Bonchev–Trinajstić information content (AvgIpc) is 3.79. The van der Waals surface area contributed by atoms with Gasteiger partial charge < -0.3 is 10.1 Å². The first-order chi connectivity index (χ1) is 25.4. The van der Waals surface area contributed by atoms with Crippen molar-refractivity contribution in [2.75, 3.05) is 26.3 Å². The number of amides is 1. The number of hydrogen-bond donors (Lipinski definition) is 1. The van der Waals surface area contributed by atoms with Crippen LogP contribution in [-0.2, 0) is 39.4 Å². The van der Waals surface area contributed by atoms with E-state index >= 15 is 8.78 Å². The van der Waals surface area contributed by atoms with Crippen LogP contribution >= 0.6 is 0 Å². The molecule has 4 unspecified atom stereocenters. The van der Waals surface area contributed by atoms with Crippen molar-refractivity contribution in [2.24, 2.45) is 5.92 Å². The minimum absolute atomic E-state index is 0.0408. The van der Waals surface area contributed by atoms with E-state index in [1.165, 1.54) is 4.57 Å². The van der Waals surface area contributed by atoms with Crippen molar-refractivity contribution in [2.45, 2.75) is 48.6 Å². The van der Waals surface area contributed by atoms with E-state index in [-0.39, 0.29) is 46.4 Å². The smallest absolute Gasteiger partial charge is 0.293 e. The lowest BCUT2D eigenvalue weighted by atomic mass is 10.0. The highest BCUT2D eigenvalue weighted by molar-refractivity contribution is 7.82. The minimum atomic E-state index is -3.48. The van der Waals surface area contributed by atoms with Gasteiger partial charge in [0.05, 0.1) is 40.7 Å². The molecule has 3 aliphatic rings. The van der Waals surface area contributed by atoms with Crippen LogP contribution in [0.2, 0.25) is 0 Å². The van der Waals surface area contributed by atoms with Crippen LogP contribution in [0.4, 0.5) is 26.3 Å². The number of carbonyl (C=O) groups excluding carboxylic acids is 1. The Bertz CT molecular complexity index is 2310. The molecule has 3 aromatic carbocycles. The van der Waals surface area contributed by atoms with Crippen LogP contribution in [0.25, 0.3) is 16.6 Å². The summed E-state index contributed by atoms with van der Waals surface area (Å²) in [7, 11) is -1.53. The molecule has 10 nitrogen and oxygen atoms in total. The molecular formula is C36H30F6N6O4S. The molecule has 0 spiro atoms. The number of aromatic nitrogens is 4. The molecule has 1 N–H and O–H groups in total. The molecule has 0 bridgehead atoms. The van der Waals surface area contributed by atoms with Gasteiger partial charge in [-0.2, -0.15) is 13.9 Å². The Labute approximate surface area is 300 Å². The van der Waals surface area contributed by atoms with Crippen molar-refractivity contribution in [3.05, 3.63) is 117 Å². The van der Waals surface area contributed by atoms with Crippen LogP contribution in [0.3, 0.4) is 0 Å². The van der Waals surface area contributed by atoms with Crippen molar-refractivity contribution in [3.8, 4) is 5.69 Å². The summed E-state index contributed by atoms with van der Waals surface area (Å²) in [6.45, 7) is 0.870. The zero-order chi connectivity index (χ0) is 37.2. The van der Waals surface area contributed by atoms with E-state index in [4.69, 9.17) is 9.72 Å². The van der Waals surface area contributed by atoms with Crippen molar-refractivity contribution < 1.29 is 40.1 Å². The predicted octanol–water partition coefficient (Wildman–Crippen LogP) is 5.46. The Hall–Kier alpha value is -4.87. The molecule has 2 aliphatic carbocycles. The molecular weight excluding hydrogens is 726 g/mol. The molecule has 17 heteroatoms. The van der Waals surface area contributed by atoms with Gasteiger partial charge in [0.15, 0.2) is 0 Å². The summed E-state index contributed by atoms with van der Waals surface area (Å²) in [6, 6.07) is 14.0. The molecule has 1 amide bonds. The van der Waals surface area contributed by atoms with Gasteiger partial charge in [0, 0.05) is 37.1 Å². The van der Waals surface area contributed by atoms with Crippen LogP contribution < -0.4 is 10.9 Å². The highest BCUT2D eigenvalue weighted by Gasteiger charge is 2.67. The van der Waals surface area contributed by atoms with Crippen molar-refractivity contribution in [1.29, 1.82) is 0 Å². The summed E-state index contributed by atoms with van der Waals surface area (Å²) in [6.07, 6.45) is -3.43. The number of para-hydroxylation sites is 1. The maximum Gasteiger partial charge on any atom is 0.293 e. The molecule has 8 rings (SSSR count). The number of ether oxygens (including phenoxy) is 1. The lowest BCUT2D eigenvalue weighted by Crippen LogP contribution is -2.38.